The van der Waals surface area contributed by atoms with Gasteiger partial charge < -0.3 is 10.4 Å². The Hall–Kier alpha value is -0.670. The fraction of sp³-hybridized carbons (Fsp3) is 0.455. The third-order valence-electron chi connectivity index (χ3n) is 2.67. The van der Waals surface area contributed by atoms with Crippen LogP contribution in [0.2, 0.25) is 0 Å². The second kappa shape index (κ2) is 4.24. The summed E-state index contributed by atoms with van der Waals surface area (Å²) in [5.41, 5.74) is 1.08. The zero-order valence-electron chi connectivity index (χ0n) is 8.29. The first-order chi connectivity index (χ1) is 6.83. The Morgan fingerprint density at radius 2 is 2.36 bits per heavy atom. The highest BCUT2D eigenvalue weighted by Gasteiger charge is 2.21. The van der Waals surface area contributed by atoms with E-state index in [0.29, 0.717) is 11.8 Å². The lowest BCUT2D eigenvalue weighted by molar-refractivity contribution is 0.453. The molecule has 0 aliphatic carbocycles. The minimum atomic E-state index is 0.346. The van der Waals surface area contributed by atoms with Crippen molar-refractivity contribution in [3.05, 3.63) is 23.8 Å². The van der Waals surface area contributed by atoms with E-state index >= 15 is 0 Å². The Labute approximate surface area is 88.7 Å². The van der Waals surface area contributed by atoms with E-state index in [0.717, 1.165) is 18.5 Å². The molecule has 1 fully saturated rings. The average molecular weight is 209 g/mol. The topological polar surface area (TPSA) is 32.3 Å². The van der Waals surface area contributed by atoms with Gasteiger partial charge in [-0.25, -0.2) is 0 Å². The minimum absolute atomic E-state index is 0.346. The van der Waals surface area contributed by atoms with E-state index in [1.165, 1.54) is 11.3 Å². The van der Waals surface area contributed by atoms with Crippen LogP contribution in [0.5, 0.6) is 5.75 Å². The molecule has 76 valence electrons. The smallest absolute Gasteiger partial charge is 0.121 e. The number of phenolic OH excluding ortho intramolecular Hbond substituents is 1. The molecule has 2 nitrogen and oxygen atoms in total. The van der Waals surface area contributed by atoms with E-state index in [2.05, 4.69) is 11.4 Å². The summed E-state index contributed by atoms with van der Waals surface area (Å²) in [4.78, 5) is 1.18. The molecule has 1 aromatic rings. The highest BCUT2D eigenvalue weighted by Crippen LogP contribution is 2.36. The first kappa shape index (κ1) is 9.87. The van der Waals surface area contributed by atoms with Crippen molar-refractivity contribution in [2.75, 3.05) is 12.8 Å². The van der Waals surface area contributed by atoms with Gasteiger partial charge >= 0.3 is 0 Å². The van der Waals surface area contributed by atoms with Crippen LogP contribution in [-0.2, 0) is 0 Å². The first-order valence-electron chi connectivity index (χ1n) is 4.92. The van der Waals surface area contributed by atoms with Crippen LogP contribution in [0.15, 0.2) is 23.1 Å². The van der Waals surface area contributed by atoms with Crippen molar-refractivity contribution in [2.45, 2.75) is 23.8 Å². The van der Waals surface area contributed by atoms with E-state index in [-0.39, 0.29) is 0 Å². The van der Waals surface area contributed by atoms with E-state index in [9.17, 15) is 5.11 Å². The van der Waals surface area contributed by atoms with Crippen LogP contribution in [0.4, 0.5) is 0 Å². The number of hydrogen-bond acceptors (Lipinski definition) is 3. The molecule has 14 heavy (non-hydrogen) atoms. The molecule has 1 aliphatic rings. The summed E-state index contributed by atoms with van der Waals surface area (Å²) in [5, 5.41) is 13.2. The molecule has 1 unspecified atom stereocenters. The molecule has 0 amide bonds. The Bertz CT molecular complexity index is 321. The Kier molecular flexibility index (Phi) is 2.99. The summed E-state index contributed by atoms with van der Waals surface area (Å²) < 4.78 is 0. The second-order valence-corrected chi connectivity index (χ2v) is 4.39. The molecule has 0 aromatic heterocycles. The van der Waals surface area contributed by atoms with Gasteiger partial charge in [0.25, 0.3) is 0 Å². The summed E-state index contributed by atoms with van der Waals surface area (Å²) >= 11 is 1.70. The van der Waals surface area contributed by atoms with Crippen LogP contribution in [0.3, 0.4) is 0 Å². The number of aromatic hydroxyl groups is 1. The van der Waals surface area contributed by atoms with Crippen molar-refractivity contribution in [3.63, 3.8) is 0 Å². The van der Waals surface area contributed by atoms with Gasteiger partial charge in [-0.15, -0.1) is 11.8 Å². The molecule has 1 aromatic carbocycles. The van der Waals surface area contributed by atoms with Crippen molar-refractivity contribution in [1.82, 2.24) is 5.32 Å². The molecule has 1 aliphatic heterocycles. The molecule has 0 saturated carbocycles. The SMILES string of the molecule is CSc1cccc(O)c1C1CCCN1. The number of hydrogen-bond donors (Lipinski definition) is 2. The van der Waals surface area contributed by atoms with Crippen LogP contribution in [0.25, 0.3) is 0 Å². The molecule has 3 heteroatoms. The Balaban J connectivity index is 2.37. The van der Waals surface area contributed by atoms with Crippen molar-refractivity contribution < 1.29 is 5.11 Å². The third-order valence-corrected chi connectivity index (χ3v) is 3.47. The normalized spacial score (nSPS) is 21.4. The molecule has 2 rings (SSSR count). The van der Waals surface area contributed by atoms with E-state index in [4.69, 9.17) is 0 Å². The predicted octanol–water partition coefficient (Wildman–Crippen LogP) is 2.54. The van der Waals surface area contributed by atoms with Gasteiger partial charge in [-0.2, -0.15) is 0 Å². The van der Waals surface area contributed by atoms with Crippen molar-refractivity contribution in [3.8, 4) is 5.75 Å². The Morgan fingerprint density at radius 1 is 1.50 bits per heavy atom. The van der Waals surface area contributed by atoms with Gasteiger partial charge in [-0.3, -0.25) is 0 Å². The van der Waals surface area contributed by atoms with Crippen molar-refractivity contribution in [2.24, 2.45) is 0 Å². The largest absolute Gasteiger partial charge is 0.508 e. The summed E-state index contributed by atoms with van der Waals surface area (Å²) in [5.74, 6) is 0.427. The van der Waals surface area contributed by atoms with Crippen LogP contribution in [0.1, 0.15) is 24.4 Å². The van der Waals surface area contributed by atoms with Gasteiger partial charge in [-0.05, 0) is 37.8 Å². The van der Waals surface area contributed by atoms with E-state index in [1.807, 2.05) is 12.3 Å². The van der Waals surface area contributed by atoms with E-state index < -0.39 is 0 Å². The lowest BCUT2D eigenvalue weighted by Crippen LogP contribution is -2.13. The quantitative estimate of drug-likeness (QED) is 0.734. The van der Waals surface area contributed by atoms with Gasteiger partial charge in [0.05, 0.1) is 0 Å². The lowest BCUT2D eigenvalue weighted by Gasteiger charge is -2.15. The molecule has 2 N–H and O–H groups in total. The van der Waals surface area contributed by atoms with Crippen molar-refractivity contribution >= 4 is 11.8 Å². The highest BCUT2D eigenvalue weighted by molar-refractivity contribution is 7.98. The zero-order chi connectivity index (χ0) is 9.97. The molecule has 0 spiro atoms. The second-order valence-electron chi connectivity index (χ2n) is 3.54. The van der Waals surface area contributed by atoms with Crippen LogP contribution in [-0.4, -0.2) is 17.9 Å². The Morgan fingerprint density at radius 3 is 3.00 bits per heavy atom. The number of rotatable bonds is 2. The standard InChI is InChI=1S/C11H15NOS/c1-14-10-6-2-5-9(13)11(10)8-4-3-7-12-8/h2,5-6,8,12-13H,3-4,7H2,1H3. The van der Waals surface area contributed by atoms with Crippen LogP contribution >= 0.6 is 11.8 Å². The van der Waals surface area contributed by atoms with Crippen molar-refractivity contribution in [1.29, 1.82) is 0 Å². The van der Waals surface area contributed by atoms with Gasteiger partial charge in [0.15, 0.2) is 0 Å². The maximum absolute atomic E-state index is 9.83. The maximum atomic E-state index is 9.83. The number of nitrogens with one attached hydrogen (secondary N) is 1. The molecule has 1 saturated heterocycles. The van der Waals surface area contributed by atoms with Gasteiger partial charge in [0, 0.05) is 16.5 Å². The molecular formula is C11H15NOS. The molecule has 0 radical (unpaired) electrons. The van der Waals surface area contributed by atoms with Gasteiger partial charge in [-0.1, -0.05) is 6.07 Å². The van der Waals surface area contributed by atoms with Crippen LogP contribution < -0.4 is 5.32 Å². The fourth-order valence-corrected chi connectivity index (χ4v) is 2.67. The summed E-state index contributed by atoms with van der Waals surface area (Å²) in [6.45, 7) is 1.06. The number of thioether (sulfide) groups is 1. The van der Waals surface area contributed by atoms with Gasteiger partial charge in [0.1, 0.15) is 5.75 Å². The summed E-state index contributed by atoms with van der Waals surface area (Å²) in [7, 11) is 0. The molecule has 0 bridgehead atoms. The fourth-order valence-electron chi connectivity index (χ4n) is 1.99. The molecule has 1 atom stereocenters. The summed E-state index contributed by atoms with van der Waals surface area (Å²) in [6.07, 6.45) is 4.38. The average Bonchev–Trinajstić information content (AvgIpc) is 2.70. The zero-order valence-corrected chi connectivity index (χ0v) is 9.10. The minimum Gasteiger partial charge on any atom is -0.508 e. The monoisotopic (exact) mass is 209 g/mol. The number of phenols is 1. The number of benzene rings is 1. The lowest BCUT2D eigenvalue weighted by atomic mass is 10.0. The van der Waals surface area contributed by atoms with Crippen LogP contribution in [0, 0.1) is 0 Å². The predicted molar refractivity (Wildman–Crippen MR) is 59.9 cm³/mol. The van der Waals surface area contributed by atoms with Gasteiger partial charge in [0.2, 0.25) is 0 Å². The molecular weight excluding hydrogens is 194 g/mol. The molecule has 1 heterocycles. The maximum Gasteiger partial charge on any atom is 0.121 e. The third kappa shape index (κ3) is 1.74. The first-order valence-corrected chi connectivity index (χ1v) is 6.14. The summed E-state index contributed by atoms with van der Waals surface area (Å²) in [6, 6.07) is 6.09. The van der Waals surface area contributed by atoms with E-state index in [1.54, 1.807) is 17.8 Å². The highest BCUT2D eigenvalue weighted by atomic mass is 32.2.